The normalized spacial score (nSPS) is 26.2. The third kappa shape index (κ3) is 1.87. The zero-order valence-electron chi connectivity index (χ0n) is 12.4. The molecule has 0 aromatic heterocycles. The lowest BCUT2D eigenvalue weighted by molar-refractivity contribution is 0.249. The molecule has 0 bridgehead atoms. The molecule has 0 unspecified atom stereocenters. The van der Waals surface area contributed by atoms with Gasteiger partial charge in [0.1, 0.15) is 11.9 Å². The number of allylic oxidation sites excluding steroid dienone is 2. The molecule has 110 valence electrons. The molecular weight excluding hydrogens is 288 g/mol. The van der Waals surface area contributed by atoms with Gasteiger partial charge in [-0.1, -0.05) is 42.0 Å². The topological polar surface area (TPSA) is 9.23 Å². The van der Waals surface area contributed by atoms with E-state index >= 15 is 0 Å². The Labute approximate surface area is 135 Å². The summed E-state index contributed by atoms with van der Waals surface area (Å²) in [5.41, 5.74) is 3.22. The van der Waals surface area contributed by atoms with Gasteiger partial charge in [-0.15, -0.1) is 11.8 Å². The molecule has 0 amide bonds. The van der Waals surface area contributed by atoms with Crippen molar-refractivity contribution < 1.29 is 4.74 Å². The number of thioether (sulfide) groups is 1. The molecule has 0 N–H and O–H groups in total. The van der Waals surface area contributed by atoms with E-state index in [0.717, 1.165) is 5.75 Å². The van der Waals surface area contributed by atoms with Crippen LogP contribution in [0.25, 0.3) is 10.8 Å². The standard InChI is InChI=1S/C20H18OS/c1-2-6-13(5-1)16-10-12-18-20(16)22-19-15-8-4-3-7-14(15)9-11-17(19)21-18/h3-4,7-12,18,20H,1-2,5-6H2/t18-,20+/m1/s1. The van der Waals surface area contributed by atoms with Crippen LogP contribution >= 0.6 is 11.8 Å². The molecule has 0 spiro atoms. The highest BCUT2D eigenvalue weighted by atomic mass is 32.2. The van der Waals surface area contributed by atoms with E-state index in [1.54, 1.807) is 11.1 Å². The van der Waals surface area contributed by atoms with E-state index in [-0.39, 0.29) is 6.10 Å². The minimum absolute atomic E-state index is 0.210. The highest BCUT2D eigenvalue weighted by Gasteiger charge is 2.37. The molecule has 0 radical (unpaired) electrons. The first-order valence-corrected chi connectivity index (χ1v) is 9.03. The molecular formula is C20H18OS. The quantitative estimate of drug-likeness (QED) is 0.635. The fourth-order valence-corrected chi connectivity index (χ4v) is 5.37. The van der Waals surface area contributed by atoms with Gasteiger partial charge in [-0.25, -0.2) is 0 Å². The maximum Gasteiger partial charge on any atom is 0.134 e. The summed E-state index contributed by atoms with van der Waals surface area (Å²) in [4.78, 5) is 1.32. The van der Waals surface area contributed by atoms with Gasteiger partial charge in [0, 0.05) is 0 Å². The van der Waals surface area contributed by atoms with Gasteiger partial charge in [0.25, 0.3) is 0 Å². The van der Waals surface area contributed by atoms with Crippen molar-refractivity contribution in [3.63, 3.8) is 0 Å². The maximum atomic E-state index is 6.31. The van der Waals surface area contributed by atoms with Crippen molar-refractivity contribution in [3.8, 4) is 5.75 Å². The summed E-state index contributed by atoms with van der Waals surface area (Å²) in [5.74, 6) is 1.05. The summed E-state index contributed by atoms with van der Waals surface area (Å²) in [6.45, 7) is 0. The summed E-state index contributed by atoms with van der Waals surface area (Å²) in [7, 11) is 0. The van der Waals surface area contributed by atoms with Gasteiger partial charge < -0.3 is 4.74 Å². The highest BCUT2D eigenvalue weighted by molar-refractivity contribution is 8.00. The summed E-state index contributed by atoms with van der Waals surface area (Å²) < 4.78 is 6.31. The van der Waals surface area contributed by atoms with Gasteiger partial charge >= 0.3 is 0 Å². The minimum Gasteiger partial charge on any atom is -0.484 e. The number of benzene rings is 2. The zero-order valence-corrected chi connectivity index (χ0v) is 13.2. The monoisotopic (exact) mass is 306 g/mol. The van der Waals surface area contributed by atoms with E-state index in [1.807, 2.05) is 11.8 Å². The van der Waals surface area contributed by atoms with Gasteiger partial charge in [-0.3, -0.25) is 0 Å². The molecule has 2 aliphatic carbocycles. The number of ether oxygens (including phenoxy) is 1. The van der Waals surface area contributed by atoms with Crippen molar-refractivity contribution in [1.29, 1.82) is 0 Å². The number of fused-ring (bicyclic) bond motifs is 4. The molecule has 2 aromatic carbocycles. The Morgan fingerprint density at radius 3 is 2.77 bits per heavy atom. The van der Waals surface area contributed by atoms with E-state index in [4.69, 9.17) is 4.74 Å². The molecule has 3 aliphatic rings. The average molecular weight is 306 g/mol. The third-order valence-corrected chi connectivity index (χ3v) is 6.47. The molecule has 1 nitrogen and oxygen atoms in total. The molecule has 1 saturated carbocycles. The lowest BCUT2D eigenvalue weighted by Crippen LogP contribution is -2.28. The van der Waals surface area contributed by atoms with Gasteiger partial charge in [-0.2, -0.15) is 0 Å². The minimum atomic E-state index is 0.210. The van der Waals surface area contributed by atoms with Gasteiger partial charge in [0.15, 0.2) is 0 Å². The van der Waals surface area contributed by atoms with Crippen LogP contribution in [0.4, 0.5) is 0 Å². The lowest BCUT2D eigenvalue weighted by atomic mass is 10.1. The fraction of sp³-hybridized carbons (Fsp3) is 0.300. The van der Waals surface area contributed by atoms with Crippen molar-refractivity contribution in [1.82, 2.24) is 0 Å². The third-order valence-electron chi connectivity index (χ3n) is 5.04. The van der Waals surface area contributed by atoms with Gasteiger partial charge in [-0.05, 0) is 54.2 Å². The Morgan fingerprint density at radius 1 is 1.00 bits per heavy atom. The Kier molecular flexibility index (Phi) is 2.87. The predicted molar refractivity (Wildman–Crippen MR) is 92.6 cm³/mol. The van der Waals surface area contributed by atoms with Crippen LogP contribution in [0.3, 0.4) is 0 Å². The van der Waals surface area contributed by atoms with Gasteiger partial charge in [0.2, 0.25) is 0 Å². The van der Waals surface area contributed by atoms with E-state index in [0.29, 0.717) is 5.25 Å². The van der Waals surface area contributed by atoms with Crippen LogP contribution in [0.5, 0.6) is 5.75 Å². The Hall–Kier alpha value is -1.67. The second-order valence-corrected chi connectivity index (χ2v) is 7.51. The predicted octanol–water partition coefficient (Wildman–Crippen LogP) is 5.50. The molecule has 1 heterocycles. The zero-order chi connectivity index (χ0) is 14.5. The molecule has 0 saturated heterocycles. The van der Waals surface area contributed by atoms with Crippen LogP contribution in [0, 0.1) is 0 Å². The molecule has 1 aliphatic heterocycles. The maximum absolute atomic E-state index is 6.31. The Bertz CT molecular complexity index is 810. The fourth-order valence-electron chi connectivity index (χ4n) is 3.92. The van der Waals surface area contributed by atoms with Crippen LogP contribution < -0.4 is 4.74 Å². The van der Waals surface area contributed by atoms with E-state index < -0.39 is 0 Å². The number of hydrogen-bond acceptors (Lipinski definition) is 2. The largest absolute Gasteiger partial charge is 0.484 e. The Balaban J connectivity index is 1.62. The highest BCUT2D eigenvalue weighted by Crippen LogP contribution is 2.50. The van der Waals surface area contributed by atoms with Gasteiger partial charge in [0.05, 0.1) is 10.1 Å². The second kappa shape index (κ2) is 4.92. The van der Waals surface area contributed by atoms with Crippen LogP contribution in [0.15, 0.2) is 64.6 Å². The number of rotatable bonds is 0. The summed E-state index contributed by atoms with van der Waals surface area (Å²) >= 11 is 2.01. The first-order valence-electron chi connectivity index (χ1n) is 8.15. The molecule has 2 heteroatoms. The average Bonchev–Trinajstić information content (AvgIpc) is 3.21. The van der Waals surface area contributed by atoms with Crippen molar-refractivity contribution in [2.45, 2.75) is 41.9 Å². The van der Waals surface area contributed by atoms with E-state index in [9.17, 15) is 0 Å². The molecule has 2 aromatic rings. The SMILES string of the molecule is C1=C[C@H]2Oc3ccc4ccccc4c3S[C@H]2C1=C1CCCC1. The van der Waals surface area contributed by atoms with Crippen LogP contribution in [-0.2, 0) is 0 Å². The van der Waals surface area contributed by atoms with E-state index in [2.05, 4.69) is 48.6 Å². The van der Waals surface area contributed by atoms with Crippen LogP contribution in [0.1, 0.15) is 25.7 Å². The van der Waals surface area contributed by atoms with Crippen LogP contribution in [-0.4, -0.2) is 11.4 Å². The Morgan fingerprint density at radius 2 is 1.86 bits per heavy atom. The lowest BCUT2D eigenvalue weighted by Gasteiger charge is -2.30. The van der Waals surface area contributed by atoms with Crippen molar-refractivity contribution >= 4 is 22.5 Å². The molecule has 2 atom stereocenters. The van der Waals surface area contributed by atoms with Crippen molar-refractivity contribution in [2.24, 2.45) is 0 Å². The summed E-state index contributed by atoms with van der Waals surface area (Å²) in [6, 6.07) is 12.9. The first-order chi connectivity index (χ1) is 10.9. The van der Waals surface area contributed by atoms with Crippen molar-refractivity contribution in [2.75, 3.05) is 0 Å². The van der Waals surface area contributed by atoms with E-state index in [1.165, 1.54) is 41.4 Å². The second-order valence-electron chi connectivity index (χ2n) is 6.36. The summed E-state index contributed by atoms with van der Waals surface area (Å²) in [6.07, 6.45) is 10.1. The molecule has 22 heavy (non-hydrogen) atoms. The number of hydrogen-bond donors (Lipinski definition) is 0. The smallest absolute Gasteiger partial charge is 0.134 e. The van der Waals surface area contributed by atoms with Crippen LogP contribution in [0.2, 0.25) is 0 Å². The van der Waals surface area contributed by atoms with Crippen molar-refractivity contribution in [3.05, 3.63) is 59.7 Å². The molecule has 5 rings (SSSR count). The summed E-state index contributed by atoms with van der Waals surface area (Å²) in [5, 5.41) is 3.08. The molecule has 1 fully saturated rings. The first kappa shape index (κ1) is 12.8.